The molecule has 0 aromatic carbocycles. The number of ether oxygens (including phenoxy) is 2. The van der Waals surface area contributed by atoms with Crippen molar-refractivity contribution in [1.29, 1.82) is 0 Å². The minimum atomic E-state index is -1.23. The van der Waals surface area contributed by atoms with Crippen LogP contribution in [0.4, 0.5) is 21.1 Å². The maximum Gasteiger partial charge on any atom is 0.539 e. The third-order valence-corrected chi connectivity index (χ3v) is 2.88. The highest BCUT2D eigenvalue weighted by atomic mass is 16.6. The Morgan fingerprint density at radius 1 is 1.04 bits per heavy atom. The van der Waals surface area contributed by atoms with Crippen LogP contribution in [0.25, 0.3) is 0 Å². The van der Waals surface area contributed by atoms with Crippen LogP contribution in [-0.2, 0) is 9.47 Å². The molecule has 2 amide bonds. The molecule has 0 aliphatic carbocycles. The van der Waals surface area contributed by atoms with Gasteiger partial charge < -0.3 is 14.5 Å². The van der Waals surface area contributed by atoms with Gasteiger partial charge in [-0.25, -0.2) is 4.98 Å². The molecule has 1 aromatic rings. The van der Waals surface area contributed by atoms with E-state index in [1.165, 1.54) is 0 Å². The molecule has 0 saturated carbocycles. The average molecular weight is 337 g/mol. The molecule has 24 heavy (non-hydrogen) atoms. The minimum Gasteiger partial charge on any atom is -0.413 e. The summed E-state index contributed by atoms with van der Waals surface area (Å²) < 4.78 is 9.44. The van der Waals surface area contributed by atoms with Gasteiger partial charge in [0.2, 0.25) is 12.2 Å². The van der Waals surface area contributed by atoms with E-state index < -0.39 is 33.4 Å². The highest BCUT2D eigenvalue weighted by molar-refractivity contribution is 6.19. The first-order valence-corrected chi connectivity index (χ1v) is 7.36. The molecule has 2 rings (SSSR count). The number of imide groups is 1. The summed E-state index contributed by atoms with van der Waals surface area (Å²) in [5, 5.41) is 0. The van der Waals surface area contributed by atoms with Crippen molar-refractivity contribution >= 4 is 30.0 Å². The van der Waals surface area contributed by atoms with Gasteiger partial charge in [-0.1, -0.05) is 0 Å². The summed E-state index contributed by atoms with van der Waals surface area (Å²) in [7, 11) is 0. The number of rotatable bonds is 0. The smallest absolute Gasteiger partial charge is 0.413 e. The summed E-state index contributed by atoms with van der Waals surface area (Å²) in [6.07, 6.45) is 0.174. The Hall–Kier alpha value is -2.55. The van der Waals surface area contributed by atoms with Crippen LogP contribution in [0.2, 0.25) is 0 Å². The third-order valence-electron chi connectivity index (χ3n) is 2.88. The van der Waals surface area contributed by atoms with Crippen LogP contribution >= 0.6 is 0 Å². The van der Waals surface area contributed by atoms with Crippen molar-refractivity contribution in [1.82, 2.24) is 14.5 Å². The molecule has 1 N–H and O–H groups in total. The molecule has 0 spiro atoms. The van der Waals surface area contributed by atoms with Crippen LogP contribution in [0, 0.1) is 0 Å². The van der Waals surface area contributed by atoms with Crippen LogP contribution in [0.15, 0.2) is 16.1 Å². The summed E-state index contributed by atoms with van der Waals surface area (Å²) in [5.41, 5.74) is -2.68. The highest BCUT2D eigenvalue weighted by Gasteiger charge is 2.59. The van der Waals surface area contributed by atoms with Crippen molar-refractivity contribution in [3.8, 4) is 0 Å². The van der Waals surface area contributed by atoms with Gasteiger partial charge in [-0.15, -0.1) is 0 Å². The van der Waals surface area contributed by atoms with Crippen molar-refractivity contribution in [3.05, 3.63) is 16.7 Å². The van der Waals surface area contributed by atoms with Gasteiger partial charge >= 0.3 is 17.7 Å². The Balaban J connectivity index is 2.63. The number of aromatic amines is 1. The number of amides is 2. The Kier molecular flexibility index (Phi) is 4.09. The standard InChI is InChI=1S/C15H20N4O5/c1-14(2,3)23-12(21)19(13(22)24-15(4,5)6)8-18-10-9(19)11(20)17-7-16-10/h7-8H,1-6H3/p+1. The largest absolute Gasteiger partial charge is 0.539 e. The van der Waals surface area contributed by atoms with Crippen LogP contribution < -0.4 is 10.0 Å². The molecule has 1 aromatic heterocycles. The van der Waals surface area contributed by atoms with Gasteiger partial charge in [0.05, 0.1) is 6.33 Å². The molecule has 0 radical (unpaired) electrons. The zero-order valence-corrected chi connectivity index (χ0v) is 14.5. The molecule has 2 heterocycles. The van der Waals surface area contributed by atoms with E-state index in [-0.39, 0.29) is 11.5 Å². The van der Waals surface area contributed by atoms with Crippen molar-refractivity contribution in [2.75, 3.05) is 0 Å². The first-order chi connectivity index (χ1) is 10.9. The van der Waals surface area contributed by atoms with E-state index in [0.29, 0.717) is 0 Å². The number of quaternary nitrogens is 1. The summed E-state index contributed by atoms with van der Waals surface area (Å²) >= 11 is 0. The topological polar surface area (TPSA) is 111 Å². The lowest BCUT2D eigenvalue weighted by atomic mass is 10.2. The van der Waals surface area contributed by atoms with E-state index in [0.717, 1.165) is 12.7 Å². The first kappa shape index (κ1) is 17.8. The van der Waals surface area contributed by atoms with Crippen molar-refractivity contribution in [2.45, 2.75) is 52.7 Å². The van der Waals surface area contributed by atoms with Crippen molar-refractivity contribution in [2.24, 2.45) is 4.99 Å². The lowest BCUT2D eigenvalue weighted by Crippen LogP contribution is -2.61. The molecule has 0 unspecified atom stereocenters. The fourth-order valence-corrected chi connectivity index (χ4v) is 2.01. The fraction of sp³-hybridized carbons (Fsp3) is 0.533. The number of fused-ring (bicyclic) bond motifs is 1. The third kappa shape index (κ3) is 3.21. The summed E-state index contributed by atoms with van der Waals surface area (Å²) in [6, 6.07) is 0. The molecule has 130 valence electrons. The number of nitrogens with one attached hydrogen (secondary N) is 1. The zero-order valence-electron chi connectivity index (χ0n) is 14.5. The van der Waals surface area contributed by atoms with E-state index in [1.807, 2.05) is 0 Å². The van der Waals surface area contributed by atoms with Crippen LogP contribution in [0.5, 0.6) is 0 Å². The highest BCUT2D eigenvalue weighted by Crippen LogP contribution is 2.36. The number of carbonyl (C=O) groups is 2. The Bertz CT molecular complexity index is 739. The number of aromatic nitrogens is 2. The van der Waals surface area contributed by atoms with Gasteiger partial charge in [0.1, 0.15) is 11.2 Å². The summed E-state index contributed by atoms with van der Waals surface area (Å²) in [5.74, 6) is -0.0320. The Labute approximate surface area is 138 Å². The monoisotopic (exact) mass is 337 g/mol. The molecule has 9 heteroatoms. The normalized spacial score (nSPS) is 15.8. The van der Waals surface area contributed by atoms with Gasteiger partial charge in [-0.2, -0.15) is 14.6 Å². The number of aliphatic imine (C=N–C) groups is 1. The van der Waals surface area contributed by atoms with Gasteiger partial charge in [0.15, 0.2) is 0 Å². The molecule has 9 nitrogen and oxygen atoms in total. The van der Waals surface area contributed by atoms with E-state index in [2.05, 4.69) is 15.0 Å². The summed E-state index contributed by atoms with van der Waals surface area (Å²) in [4.78, 5) is 48.0. The van der Waals surface area contributed by atoms with E-state index in [4.69, 9.17) is 9.47 Å². The average Bonchev–Trinajstić information content (AvgIpc) is 2.76. The number of carbonyl (C=O) groups excluding carboxylic acids is 2. The number of nitrogens with zero attached hydrogens (tertiary/aromatic N) is 3. The van der Waals surface area contributed by atoms with Crippen molar-refractivity contribution < 1.29 is 19.1 Å². The molecule has 1 aliphatic heterocycles. The molecular formula is C15H21N4O5+. The minimum absolute atomic E-state index is 0.0320. The molecule has 0 atom stereocenters. The van der Waals surface area contributed by atoms with E-state index in [1.54, 1.807) is 41.5 Å². The molecular weight excluding hydrogens is 316 g/mol. The molecule has 0 fully saturated rings. The maximum atomic E-state index is 12.8. The summed E-state index contributed by atoms with van der Waals surface area (Å²) in [6.45, 7) is 9.91. The van der Waals surface area contributed by atoms with Gasteiger partial charge in [0, 0.05) is 0 Å². The van der Waals surface area contributed by atoms with Crippen LogP contribution in [0.3, 0.4) is 0 Å². The first-order valence-electron chi connectivity index (χ1n) is 7.36. The molecule has 0 bridgehead atoms. The molecule has 0 saturated heterocycles. The number of hydrogen-bond donors (Lipinski definition) is 1. The number of hydrogen-bond acceptors (Lipinski definition) is 7. The van der Waals surface area contributed by atoms with Crippen LogP contribution in [0.1, 0.15) is 41.5 Å². The Morgan fingerprint density at radius 2 is 1.54 bits per heavy atom. The van der Waals surface area contributed by atoms with Crippen LogP contribution in [-0.4, -0.2) is 39.7 Å². The van der Waals surface area contributed by atoms with Gasteiger partial charge in [-0.3, -0.25) is 4.79 Å². The second-order valence-electron chi connectivity index (χ2n) is 7.33. The van der Waals surface area contributed by atoms with Gasteiger partial charge in [-0.05, 0) is 46.0 Å². The van der Waals surface area contributed by atoms with Crippen molar-refractivity contribution in [3.63, 3.8) is 0 Å². The quantitative estimate of drug-likeness (QED) is 0.729. The second-order valence-corrected chi connectivity index (χ2v) is 7.33. The number of H-pyrrole nitrogens is 1. The lowest BCUT2D eigenvalue weighted by Gasteiger charge is -2.28. The predicted molar refractivity (Wildman–Crippen MR) is 87.3 cm³/mol. The predicted octanol–water partition coefficient (Wildman–Crippen LogP) is 2.62. The van der Waals surface area contributed by atoms with E-state index in [9.17, 15) is 14.4 Å². The van der Waals surface area contributed by atoms with Gasteiger partial charge in [0.25, 0.3) is 5.69 Å². The Morgan fingerprint density at radius 3 is 2.00 bits per heavy atom. The zero-order chi connectivity index (χ0) is 18.3. The fourth-order valence-electron chi connectivity index (χ4n) is 2.01. The second kappa shape index (κ2) is 5.52. The maximum absolute atomic E-state index is 12.8. The van der Waals surface area contributed by atoms with E-state index >= 15 is 0 Å². The lowest BCUT2D eigenvalue weighted by molar-refractivity contribution is 0.0167. The SMILES string of the molecule is CC(C)(C)OC(=O)[N+]1(C(=O)OC(C)(C)C)C=Nc2nc[nH]c(=O)c21. The molecule has 1 aliphatic rings.